The van der Waals surface area contributed by atoms with Crippen LogP contribution in [0.3, 0.4) is 0 Å². The van der Waals surface area contributed by atoms with Gasteiger partial charge in [0.15, 0.2) is 0 Å². The SMILES string of the molecule is CCN(CC)Cc1cnc2n1CCN(Cc1csc(C)n1)CC2. The van der Waals surface area contributed by atoms with Gasteiger partial charge in [0.05, 0.1) is 16.4 Å². The molecule has 0 saturated carbocycles. The standard InChI is InChI=1S/C17H27N5S/c1-4-20(5-2)12-16-10-18-17-6-7-21(8-9-22(16)17)11-15-13-23-14(3)19-15/h10,13H,4-9,11-12H2,1-3H3. The van der Waals surface area contributed by atoms with Crippen molar-refractivity contribution in [1.29, 1.82) is 0 Å². The number of thiazole rings is 1. The number of hydrogen-bond donors (Lipinski definition) is 0. The van der Waals surface area contributed by atoms with Crippen molar-refractivity contribution in [3.63, 3.8) is 0 Å². The van der Waals surface area contributed by atoms with E-state index in [1.54, 1.807) is 11.3 Å². The molecular weight excluding hydrogens is 306 g/mol. The van der Waals surface area contributed by atoms with Crippen LogP contribution in [0.15, 0.2) is 11.6 Å². The van der Waals surface area contributed by atoms with E-state index in [4.69, 9.17) is 0 Å². The summed E-state index contributed by atoms with van der Waals surface area (Å²) >= 11 is 1.74. The number of fused-ring (bicyclic) bond motifs is 1. The quantitative estimate of drug-likeness (QED) is 0.814. The molecule has 3 rings (SSSR count). The molecule has 0 radical (unpaired) electrons. The van der Waals surface area contributed by atoms with E-state index < -0.39 is 0 Å². The van der Waals surface area contributed by atoms with Gasteiger partial charge in [0.1, 0.15) is 5.82 Å². The van der Waals surface area contributed by atoms with Gasteiger partial charge in [-0.3, -0.25) is 9.80 Å². The molecule has 0 amide bonds. The second-order valence-corrected chi connectivity index (χ2v) is 7.23. The zero-order valence-corrected chi connectivity index (χ0v) is 15.3. The van der Waals surface area contributed by atoms with E-state index in [0.717, 1.165) is 57.2 Å². The molecule has 0 bridgehead atoms. The molecule has 0 aliphatic carbocycles. The molecule has 2 aromatic rings. The normalized spacial score (nSPS) is 15.8. The Morgan fingerprint density at radius 1 is 1.22 bits per heavy atom. The summed E-state index contributed by atoms with van der Waals surface area (Å²) < 4.78 is 2.44. The van der Waals surface area contributed by atoms with Gasteiger partial charge < -0.3 is 4.57 Å². The van der Waals surface area contributed by atoms with Gasteiger partial charge in [0.25, 0.3) is 0 Å². The van der Waals surface area contributed by atoms with Crippen molar-refractivity contribution in [3.8, 4) is 0 Å². The number of aryl methyl sites for hydroxylation is 1. The molecule has 0 atom stereocenters. The third kappa shape index (κ3) is 4.00. The highest BCUT2D eigenvalue weighted by Crippen LogP contribution is 2.16. The first-order valence-corrected chi connectivity index (χ1v) is 9.46. The van der Waals surface area contributed by atoms with Crippen molar-refractivity contribution in [3.05, 3.63) is 33.8 Å². The average Bonchev–Trinajstić information content (AvgIpc) is 3.07. The summed E-state index contributed by atoms with van der Waals surface area (Å²) in [5.74, 6) is 1.24. The summed E-state index contributed by atoms with van der Waals surface area (Å²) in [6, 6.07) is 0. The van der Waals surface area contributed by atoms with Crippen LogP contribution in [0.4, 0.5) is 0 Å². The third-order valence-electron chi connectivity index (χ3n) is 4.64. The summed E-state index contributed by atoms with van der Waals surface area (Å²) in [6.07, 6.45) is 3.11. The number of aromatic nitrogens is 3. The van der Waals surface area contributed by atoms with Gasteiger partial charge in [-0.15, -0.1) is 11.3 Å². The Balaban J connectivity index is 1.64. The Labute approximate surface area is 143 Å². The van der Waals surface area contributed by atoms with Crippen LogP contribution in [-0.4, -0.2) is 50.5 Å². The Hall–Kier alpha value is -1.24. The molecule has 0 spiro atoms. The minimum Gasteiger partial charge on any atom is -0.329 e. The second kappa shape index (κ2) is 7.55. The van der Waals surface area contributed by atoms with E-state index in [9.17, 15) is 0 Å². The summed E-state index contributed by atoms with van der Waals surface area (Å²) in [5, 5.41) is 3.34. The molecule has 0 aromatic carbocycles. The van der Waals surface area contributed by atoms with Gasteiger partial charge >= 0.3 is 0 Å². The molecule has 23 heavy (non-hydrogen) atoms. The zero-order chi connectivity index (χ0) is 16.2. The first-order valence-electron chi connectivity index (χ1n) is 8.58. The second-order valence-electron chi connectivity index (χ2n) is 6.16. The fourth-order valence-corrected chi connectivity index (χ4v) is 3.81. The van der Waals surface area contributed by atoms with Crippen molar-refractivity contribution in [2.24, 2.45) is 0 Å². The van der Waals surface area contributed by atoms with E-state index in [1.165, 1.54) is 17.2 Å². The predicted octanol–water partition coefficient (Wildman–Crippen LogP) is 2.55. The van der Waals surface area contributed by atoms with Gasteiger partial charge in [0.2, 0.25) is 0 Å². The van der Waals surface area contributed by atoms with Crippen LogP contribution in [0.2, 0.25) is 0 Å². The van der Waals surface area contributed by atoms with Crippen LogP contribution in [-0.2, 0) is 26.1 Å². The molecule has 5 nitrogen and oxygen atoms in total. The Morgan fingerprint density at radius 3 is 2.74 bits per heavy atom. The molecule has 6 heteroatoms. The first kappa shape index (κ1) is 16.6. The summed E-state index contributed by atoms with van der Waals surface area (Å²) in [5.41, 5.74) is 2.56. The fraction of sp³-hybridized carbons (Fsp3) is 0.647. The lowest BCUT2D eigenvalue weighted by Gasteiger charge is -2.20. The largest absolute Gasteiger partial charge is 0.329 e. The van der Waals surface area contributed by atoms with Gasteiger partial charge in [-0.1, -0.05) is 13.8 Å². The van der Waals surface area contributed by atoms with Crippen LogP contribution in [0, 0.1) is 6.92 Å². The molecule has 0 fully saturated rings. The lowest BCUT2D eigenvalue weighted by Crippen LogP contribution is -2.27. The molecule has 1 aliphatic rings. The van der Waals surface area contributed by atoms with Crippen LogP contribution in [0.1, 0.15) is 36.1 Å². The van der Waals surface area contributed by atoms with Crippen molar-refractivity contribution in [1.82, 2.24) is 24.3 Å². The predicted molar refractivity (Wildman–Crippen MR) is 94.7 cm³/mol. The molecule has 1 aliphatic heterocycles. The van der Waals surface area contributed by atoms with Gasteiger partial charge in [-0.05, 0) is 20.0 Å². The van der Waals surface area contributed by atoms with Crippen LogP contribution in [0.5, 0.6) is 0 Å². The van der Waals surface area contributed by atoms with Gasteiger partial charge in [0, 0.05) is 50.7 Å². The minimum absolute atomic E-state index is 0.959. The molecule has 126 valence electrons. The monoisotopic (exact) mass is 333 g/mol. The fourth-order valence-electron chi connectivity index (χ4n) is 3.21. The maximum atomic E-state index is 4.68. The molecule has 0 unspecified atom stereocenters. The Bertz CT molecular complexity index is 629. The van der Waals surface area contributed by atoms with E-state index >= 15 is 0 Å². The summed E-state index contributed by atoms with van der Waals surface area (Å²) in [6.45, 7) is 13.8. The lowest BCUT2D eigenvalue weighted by atomic mass is 10.3. The number of imidazole rings is 1. The Morgan fingerprint density at radius 2 is 2.04 bits per heavy atom. The highest BCUT2D eigenvalue weighted by Gasteiger charge is 2.18. The van der Waals surface area contributed by atoms with Crippen LogP contribution < -0.4 is 0 Å². The smallest absolute Gasteiger partial charge is 0.110 e. The van der Waals surface area contributed by atoms with Crippen molar-refractivity contribution >= 4 is 11.3 Å². The van der Waals surface area contributed by atoms with Crippen molar-refractivity contribution < 1.29 is 0 Å². The molecule has 0 saturated heterocycles. The zero-order valence-electron chi connectivity index (χ0n) is 14.5. The topological polar surface area (TPSA) is 37.2 Å². The van der Waals surface area contributed by atoms with Crippen molar-refractivity contribution in [2.75, 3.05) is 26.2 Å². The van der Waals surface area contributed by atoms with E-state index in [1.807, 2.05) is 0 Å². The molecule has 2 aromatic heterocycles. The highest BCUT2D eigenvalue weighted by molar-refractivity contribution is 7.09. The van der Waals surface area contributed by atoms with Crippen molar-refractivity contribution in [2.45, 2.75) is 46.8 Å². The maximum absolute atomic E-state index is 4.68. The average molecular weight is 334 g/mol. The number of nitrogens with zero attached hydrogens (tertiary/aromatic N) is 5. The summed E-state index contributed by atoms with van der Waals surface area (Å²) in [7, 11) is 0. The number of rotatable bonds is 6. The molecule has 0 N–H and O–H groups in total. The van der Waals surface area contributed by atoms with E-state index in [0.29, 0.717) is 0 Å². The Kier molecular flexibility index (Phi) is 5.46. The third-order valence-corrected chi connectivity index (χ3v) is 5.47. The maximum Gasteiger partial charge on any atom is 0.110 e. The van der Waals surface area contributed by atoms with Gasteiger partial charge in [-0.2, -0.15) is 0 Å². The molecule has 3 heterocycles. The van der Waals surface area contributed by atoms with E-state index in [-0.39, 0.29) is 0 Å². The van der Waals surface area contributed by atoms with E-state index in [2.05, 4.69) is 56.7 Å². The summed E-state index contributed by atoms with van der Waals surface area (Å²) in [4.78, 5) is 14.2. The molecular formula is C17H27N5S. The lowest BCUT2D eigenvalue weighted by molar-refractivity contribution is 0.262. The number of hydrogen-bond acceptors (Lipinski definition) is 5. The van der Waals surface area contributed by atoms with Gasteiger partial charge in [-0.25, -0.2) is 9.97 Å². The van der Waals surface area contributed by atoms with Crippen LogP contribution >= 0.6 is 11.3 Å². The van der Waals surface area contributed by atoms with Crippen LogP contribution in [0.25, 0.3) is 0 Å². The highest BCUT2D eigenvalue weighted by atomic mass is 32.1. The first-order chi connectivity index (χ1) is 11.2. The minimum atomic E-state index is 0.959.